The van der Waals surface area contributed by atoms with Gasteiger partial charge in [-0.25, -0.2) is 9.78 Å². The van der Waals surface area contributed by atoms with Gasteiger partial charge in [-0.2, -0.15) is 0 Å². The van der Waals surface area contributed by atoms with Crippen LogP contribution in [-0.2, 0) is 22.5 Å². The number of hydrogen-bond donors (Lipinski definition) is 0. The van der Waals surface area contributed by atoms with Gasteiger partial charge in [0.25, 0.3) is 5.91 Å². The van der Waals surface area contributed by atoms with E-state index >= 15 is 0 Å². The maximum absolute atomic E-state index is 12.8. The molecular formula is C23H21ClN2O3. The van der Waals surface area contributed by atoms with Crippen LogP contribution < -0.4 is 0 Å². The van der Waals surface area contributed by atoms with E-state index in [2.05, 4.69) is 4.98 Å². The van der Waals surface area contributed by atoms with Gasteiger partial charge >= 0.3 is 5.97 Å². The van der Waals surface area contributed by atoms with Gasteiger partial charge in [0, 0.05) is 19.3 Å². The van der Waals surface area contributed by atoms with E-state index in [-0.39, 0.29) is 23.2 Å². The van der Waals surface area contributed by atoms with Gasteiger partial charge in [-0.05, 0) is 29.7 Å². The number of amides is 1. The number of esters is 1. The number of carbonyl (C=O) groups excluding carboxylic acids is 2. The minimum atomic E-state index is -0.667. The molecule has 0 N–H and O–H groups in total. The molecule has 0 unspecified atom stereocenters. The third-order valence-electron chi connectivity index (χ3n) is 4.39. The lowest BCUT2D eigenvalue weighted by Crippen LogP contribution is -2.36. The van der Waals surface area contributed by atoms with Crippen LogP contribution >= 0.6 is 11.6 Å². The van der Waals surface area contributed by atoms with Crippen molar-refractivity contribution in [1.29, 1.82) is 0 Å². The SMILES string of the molecule is O=C(OCC(=O)N(CCc1ccccc1)Cc1ccccc1)c1cccnc1Cl. The molecule has 0 atom stereocenters. The van der Waals surface area contributed by atoms with E-state index in [0.717, 1.165) is 11.1 Å². The summed E-state index contributed by atoms with van der Waals surface area (Å²) >= 11 is 5.91. The first-order chi connectivity index (χ1) is 14.1. The van der Waals surface area contributed by atoms with E-state index in [9.17, 15) is 9.59 Å². The molecule has 6 heteroatoms. The minimum Gasteiger partial charge on any atom is -0.452 e. The summed E-state index contributed by atoms with van der Waals surface area (Å²) in [6, 6.07) is 22.8. The number of halogens is 1. The van der Waals surface area contributed by atoms with E-state index in [1.165, 1.54) is 12.3 Å². The Morgan fingerprint density at radius 3 is 2.21 bits per heavy atom. The highest BCUT2D eigenvalue weighted by molar-refractivity contribution is 6.32. The van der Waals surface area contributed by atoms with Gasteiger partial charge in [-0.3, -0.25) is 4.79 Å². The first-order valence-corrected chi connectivity index (χ1v) is 9.64. The van der Waals surface area contributed by atoms with Gasteiger partial charge in [0.15, 0.2) is 6.61 Å². The fourth-order valence-electron chi connectivity index (χ4n) is 2.84. The van der Waals surface area contributed by atoms with E-state index in [0.29, 0.717) is 19.5 Å². The predicted octanol–water partition coefficient (Wildman–Crippen LogP) is 4.16. The number of aromatic nitrogens is 1. The molecule has 0 aliphatic rings. The zero-order valence-electron chi connectivity index (χ0n) is 15.8. The van der Waals surface area contributed by atoms with Crippen molar-refractivity contribution in [3.05, 3.63) is 101 Å². The smallest absolute Gasteiger partial charge is 0.341 e. The molecule has 0 saturated heterocycles. The molecule has 0 saturated carbocycles. The van der Waals surface area contributed by atoms with Crippen molar-refractivity contribution < 1.29 is 14.3 Å². The van der Waals surface area contributed by atoms with Gasteiger partial charge in [0.2, 0.25) is 0 Å². The molecule has 0 spiro atoms. The standard InChI is InChI=1S/C23H21ClN2O3/c24-22-20(12-7-14-25-22)23(28)29-17-21(27)26(16-19-10-5-2-6-11-19)15-13-18-8-3-1-4-9-18/h1-12,14H,13,15-17H2. The fourth-order valence-corrected chi connectivity index (χ4v) is 3.04. The van der Waals surface area contributed by atoms with E-state index in [1.807, 2.05) is 60.7 Å². The summed E-state index contributed by atoms with van der Waals surface area (Å²) in [7, 11) is 0. The average Bonchev–Trinajstić information content (AvgIpc) is 2.76. The molecule has 3 aromatic rings. The molecule has 0 fully saturated rings. The van der Waals surface area contributed by atoms with Gasteiger partial charge in [-0.15, -0.1) is 0 Å². The monoisotopic (exact) mass is 408 g/mol. The van der Waals surface area contributed by atoms with Gasteiger partial charge in [0.1, 0.15) is 5.15 Å². The van der Waals surface area contributed by atoms with Crippen LogP contribution in [0, 0.1) is 0 Å². The van der Waals surface area contributed by atoms with Crippen LogP contribution in [0.1, 0.15) is 21.5 Å². The Hall–Kier alpha value is -3.18. The van der Waals surface area contributed by atoms with Crippen LogP contribution in [0.4, 0.5) is 0 Å². The molecule has 1 amide bonds. The lowest BCUT2D eigenvalue weighted by atomic mass is 10.1. The molecule has 0 bridgehead atoms. The summed E-state index contributed by atoms with van der Waals surface area (Å²) in [6.45, 7) is 0.603. The van der Waals surface area contributed by atoms with Crippen molar-refractivity contribution >= 4 is 23.5 Å². The third kappa shape index (κ3) is 6.16. The Bertz CT molecular complexity index is 949. The van der Waals surface area contributed by atoms with Crippen molar-refractivity contribution in [3.63, 3.8) is 0 Å². The summed E-state index contributed by atoms with van der Waals surface area (Å²) in [5.41, 5.74) is 2.29. The maximum atomic E-state index is 12.8. The van der Waals surface area contributed by atoms with Crippen molar-refractivity contribution in [2.45, 2.75) is 13.0 Å². The summed E-state index contributed by atoms with van der Waals surface area (Å²) in [5, 5.41) is 0.0511. The van der Waals surface area contributed by atoms with Crippen LogP contribution in [0.5, 0.6) is 0 Å². The maximum Gasteiger partial charge on any atom is 0.341 e. The molecule has 2 aromatic carbocycles. The number of pyridine rings is 1. The lowest BCUT2D eigenvalue weighted by molar-refractivity contribution is -0.135. The fraction of sp³-hybridized carbons (Fsp3) is 0.174. The quantitative estimate of drug-likeness (QED) is 0.414. The molecule has 0 radical (unpaired) electrons. The Morgan fingerprint density at radius 1 is 0.897 bits per heavy atom. The Labute approximate surface area is 174 Å². The van der Waals surface area contributed by atoms with Crippen molar-refractivity contribution in [2.24, 2.45) is 0 Å². The van der Waals surface area contributed by atoms with Crippen molar-refractivity contribution in [1.82, 2.24) is 9.88 Å². The second-order valence-electron chi connectivity index (χ2n) is 6.45. The topological polar surface area (TPSA) is 59.5 Å². The zero-order chi connectivity index (χ0) is 20.5. The molecular weight excluding hydrogens is 388 g/mol. The largest absolute Gasteiger partial charge is 0.452 e. The lowest BCUT2D eigenvalue weighted by Gasteiger charge is -2.23. The van der Waals surface area contributed by atoms with Crippen LogP contribution in [-0.4, -0.2) is 34.9 Å². The van der Waals surface area contributed by atoms with Gasteiger partial charge < -0.3 is 9.64 Å². The molecule has 1 heterocycles. The van der Waals surface area contributed by atoms with Gasteiger partial charge in [0.05, 0.1) is 5.56 Å². The highest BCUT2D eigenvalue weighted by Crippen LogP contribution is 2.13. The molecule has 3 rings (SSSR count). The van der Waals surface area contributed by atoms with Crippen LogP contribution in [0.15, 0.2) is 79.0 Å². The van der Waals surface area contributed by atoms with Crippen LogP contribution in [0.2, 0.25) is 5.15 Å². The summed E-state index contributed by atoms with van der Waals surface area (Å²) < 4.78 is 5.19. The third-order valence-corrected chi connectivity index (χ3v) is 4.69. The molecule has 0 aliphatic heterocycles. The number of rotatable bonds is 8. The summed E-state index contributed by atoms with van der Waals surface area (Å²) in [6.07, 6.45) is 2.19. The first-order valence-electron chi connectivity index (χ1n) is 9.27. The molecule has 1 aromatic heterocycles. The highest BCUT2D eigenvalue weighted by Gasteiger charge is 2.18. The van der Waals surface area contributed by atoms with Gasteiger partial charge in [-0.1, -0.05) is 72.3 Å². The Morgan fingerprint density at radius 2 is 1.55 bits per heavy atom. The summed E-state index contributed by atoms with van der Waals surface area (Å²) in [4.78, 5) is 30.5. The molecule has 5 nitrogen and oxygen atoms in total. The van der Waals surface area contributed by atoms with Crippen LogP contribution in [0.3, 0.4) is 0 Å². The molecule has 29 heavy (non-hydrogen) atoms. The number of benzene rings is 2. The van der Waals surface area contributed by atoms with Crippen LogP contribution in [0.25, 0.3) is 0 Å². The number of carbonyl (C=O) groups is 2. The number of hydrogen-bond acceptors (Lipinski definition) is 4. The second kappa shape index (κ2) is 10.4. The van der Waals surface area contributed by atoms with E-state index in [4.69, 9.17) is 16.3 Å². The second-order valence-corrected chi connectivity index (χ2v) is 6.81. The molecule has 148 valence electrons. The minimum absolute atomic E-state index is 0.0511. The van der Waals surface area contributed by atoms with E-state index in [1.54, 1.807) is 11.0 Å². The first kappa shape index (κ1) is 20.6. The van der Waals surface area contributed by atoms with Crippen molar-refractivity contribution in [3.8, 4) is 0 Å². The summed E-state index contributed by atoms with van der Waals surface area (Å²) in [5.74, 6) is -0.933. The average molecular weight is 409 g/mol. The van der Waals surface area contributed by atoms with E-state index < -0.39 is 5.97 Å². The highest BCUT2D eigenvalue weighted by atomic mass is 35.5. The molecule has 0 aliphatic carbocycles. The predicted molar refractivity (Wildman–Crippen MR) is 112 cm³/mol. The number of ether oxygens (including phenoxy) is 1. The number of nitrogens with zero attached hydrogens (tertiary/aromatic N) is 2. The normalized spacial score (nSPS) is 10.4. The van der Waals surface area contributed by atoms with Crippen molar-refractivity contribution in [2.75, 3.05) is 13.2 Å². The zero-order valence-corrected chi connectivity index (χ0v) is 16.6. The Kier molecular flexibility index (Phi) is 7.36. The Balaban J connectivity index is 1.64.